The topological polar surface area (TPSA) is 61.6 Å². The van der Waals surface area contributed by atoms with Crippen molar-refractivity contribution in [2.75, 3.05) is 13.2 Å². The van der Waals surface area contributed by atoms with Crippen molar-refractivity contribution in [2.45, 2.75) is 38.1 Å². The Bertz CT molecular complexity index is 407. The quantitative estimate of drug-likeness (QED) is 0.510. The molecule has 1 saturated carbocycles. The largest absolute Gasteiger partial charge is 0.490 e. The van der Waals surface area contributed by atoms with Crippen LogP contribution < -0.4 is 10.5 Å². The van der Waals surface area contributed by atoms with Gasteiger partial charge in [0.2, 0.25) is 0 Å². The van der Waals surface area contributed by atoms with Gasteiger partial charge in [0, 0.05) is 6.04 Å². The zero-order valence-corrected chi connectivity index (χ0v) is 11.8. The average molecular weight is 277 g/mol. The summed E-state index contributed by atoms with van der Waals surface area (Å²) < 4.78 is 10.8. The van der Waals surface area contributed by atoms with Gasteiger partial charge in [-0.2, -0.15) is 0 Å². The van der Waals surface area contributed by atoms with Crippen molar-refractivity contribution in [3.05, 3.63) is 30.3 Å². The van der Waals surface area contributed by atoms with Crippen LogP contribution in [-0.2, 0) is 9.53 Å². The molecule has 0 spiro atoms. The number of carbonyl (C=O) groups excluding carboxylic acids is 1. The highest BCUT2D eigenvalue weighted by atomic mass is 16.6. The van der Waals surface area contributed by atoms with Crippen molar-refractivity contribution >= 4 is 5.97 Å². The fraction of sp³-hybridized carbons (Fsp3) is 0.562. The lowest BCUT2D eigenvalue weighted by Gasteiger charge is -2.19. The average Bonchev–Trinajstić information content (AvgIpc) is 2.69. The van der Waals surface area contributed by atoms with Gasteiger partial charge in [-0.1, -0.05) is 37.5 Å². The van der Waals surface area contributed by atoms with E-state index in [0.717, 1.165) is 37.9 Å². The molecule has 4 nitrogen and oxygen atoms in total. The molecule has 110 valence electrons. The van der Waals surface area contributed by atoms with E-state index in [4.69, 9.17) is 15.2 Å². The van der Waals surface area contributed by atoms with E-state index in [9.17, 15) is 4.79 Å². The Hall–Kier alpha value is -1.55. The number of nitrogens with two attached hydrogens (primary N) is 1. The van der Waals surface area contributed by atoms with Crippen molar-refractivity contribution in [2.24, 2.45) is 11.7 Å². The van der Waals surface area contributed by atoms with Crippen LogP contribution in [0.4, 0.5) is 0 Å². The standard InChI is InChI=1S/C16H23NO3/c17-15-10-6-2-5-9-14(15)16(18)20-12-11-19-13-7-3-1-4-8-13/h1,3-4,7-8,14-15H,2,5-6,9-12,17H2. The van der Waals surface area contributed by atoms with E-state index in [1.807, 2.05) is 30.3 Å². The number of hydrogen-bond acceptors (Lipinski definition) is 4. The maximum absolute atomic E-state index is 12.0. The lowest BCUT2D eigenvalue weighted by atomic mass is 9.96. The first kappa shape index (κ1) is 14.9. The summed E-state index contributed by atoms with van der Waals surface area (Å²) >= 11 is 0. The molecule has 1 aliphatic carbocycles. The molecule has 4 heteroatoms. The van der Waals surface area contributed by atoms with E-state index in [0.29, 0.717) is 6.61 Å². The number of ether oxygens (including phenoxy) is 2. The molecule has 1 fully saturated rings. The smallest absolute Gasteiger partial charge is 0.310 e. The minimum atomic E-state index is -0.170. The molecule has 2 unspecified atom stereocenters. The predicted molar refractivity (Wildman–Crippen MR) is 77.4 cm³/mol. The predicted octanol–water partition coefficient (Wildman–Crippen LogP) is 2.52. The summed E-state index contributed by atoms with van der Waals surface area (Å²) in [5.74, 6) is 0.472. The zero-order chi connectivity index (χ0) is 14.2. The SMILES string of the molecule is NC1CCCCCC1C(=O)OCCOc1ccccc1. The first-order valence-corrected chi connectivity index (χ1v) is 7.37. The second kappa shape index (κ2) is 7.90. The van der Waals surface area contributed by atoms with Crippen LogP contribution in [0.3, 0.4) is 0 Å². The third kappa shape index (κ3) is 4.53. The summed E-state index contributed by atoms with van der Waals surface area (Å²) in [5, 5.41) is 0. The van der Waals surface area contributed by atoms with E-state index in [1.165, 1.54) is 0 Å². The molecule has 0 radical (unpaired) electrons. The Labute approximate surface area is 120 Å². The van der Waals surface area contributed by atoms with Crippen LogP contribution in [0.25, 0.3) is 0 Å². The third-order valence-electron chi connectivity index (χ3n) is 3.71. The van der Waals surface area contributed by atoms with Crippen molar-refractivity contribution in [3.8, 4) is 5.75 Å². The molecule has 2 atom stereocenters. The van der Waals surface area contributed by atoms with E-state index >= 15 is 0 Å². The normalized spacial score (nSPS) is 22.9. The maximum Gasteiger partial charge on any atom is 0.310 e. The van der Waals surface area contributed by atoms with E-state index in [-0.39, 0.29) is 24.5 Å². The lowest BCUT2D eigenvalue weighted by Crippen LogP contribution is -2.36. The molecule has 1 aromatic rings. The molecule has 1 aliphatic rings. The minimum Gasteiger partial charge on any atom is -0.490 e. The summed E-state index contributed by atoms with van der Waals surface area (Å²) in [6.07, 6.45) is 5.10. The van der Waals surface area contributed by atoms with Gasteiger partial charge in [-0.05, 0) is 25.0 Å². The summed E-state index contributed by atoms with van der Waals surface area (Å²) in [4.78, 5) is 12.0. The van der Waals surface area contributed by atoms with Gasteiger partial charge >= 0.3 is 5.97 Å². The number of esters is 1. The molecule has 2 N–H and O–H groups in total. The molecule has 0 aliphatic heterocycles. The Morgan fingerprint density at radius 2 is 1.85 bits per heavy atom. The Balaban J connectivity index is 1.69. The maximum atomic E-state index is 12.0. The van der Waals surface area contributed by atoms with Gasteiger partial charge < -0.3 is 15.2 Å². The first-order valence-electron chi connectivity index (χ1n) is 7.37. The summed E-state index contributed by atoms with van der Waals surface area (Å²) in [6, 6.07) is 9.45. The van der Waals surface area contributed by atoms with Gasteiger partial charge in [0.05, 0.1) is 5.92 Å². The van der Waals surface area contributed by atoms with E-state index in [1.54, 1.807) is 0 Å². The number of benzene rings is 1. The monoisotopic (exact) mass is 277 g/mol. The molecule has 0 heterocycles. The van der Waals surface area contributed by atoms with Crippen LogP contribution in [0.5, 0.6) is 5.75 Å². The summed E-state index contributed by atoms with van der Waals surface area (Å²) in [7, 11) is 0. The van der Waals surface area contributed by atoms with Gasteiger partial charge in [0.15, 0.2) is 0 Å². The second-order valence-electron chi connectivity index (χ2n) is 5.24. The van der Waals surface area contributed by atoms with Gasteiger partial charge in [-0.25, -0.2) is 0 Å². The molecule has 0 amide bonds. The van der Waals surface area contributed by atoms with Crippen molar-refractivity contribution < 1.29 is 14.3 Å². The zero-order valence-electron chi connectivity index (χ0n) is 11.8. The molecular weight excluding hydrogens is 254 g/mol. The first-order chi connectivity index (χ1) is 9.77. The Kier molecular flexibility index (Phi) is 5.87. The van der Waals surface area contributed by atoms with Gasteiger partial charge in [0.25, 0.3) is 0 Å². The lowest BCUT2D eigenvalue weighted by molar-refractivity contribution is -0.150. The highest BCUT2D eigenvalue weighted by molar-refractivity contribution is 5.73. The van der Waals surface area contributed by atoms with Gasteiger partial charge in [0.1, 0.15) is 19.0 Å². The molecule has 0 saturated heterocycles. The van der Waals surface area contributed by atoms with Crippen molar-refractivity contribution in [1.82, 2.24) is 0 Å². The summed E-state index contributed by atoms with van der Waals surface area (Å²) in [5.41, 5.74) is 6.04. The number of para-hydroxylation sites is 1. The second-order valence-corrected chi connectivity index (χ2v) is 5.24. The highest BCUT2D eigenvalue weighted by Gasteiger charge is 2.28. The van der Waals surface area contributed by atoms with Gasteiger partial charge in [-0.15, -0.1) is 0 Å². The van der Waals surface area contributed by atoms with E-state index < -0.39 is 0 Å². The molecule has 20 heavy (non-hydrogen) atoms. The number of rotatable bonds is 5. The molecule has 0 aromatic heterocycles. The Morgan fingerprint density at radius 3 is 2.65 bits per heavy atom. The molecule has 0 bridgehead atoms. The summed E-state index contributed by atoms with van der Waals surface area (Å²) in [6.45, 7) is 0.647. The fourth-order valence-corrected chi connectivity index (χ4v) is 2.55. The third-order valence-corrected chi connectivity index (χ3v) is 3.71. The minimum absolute atomic E-state index is 0.0555. The van der Waals surface area contributed by atoms with Gasteiger partial charge in [-0.3, -0.25) is 4.79 Å². The van der Waals surface area contributed by atoms with Crippen LogP contribution in [0.1, 0.15) is 32.1 Å². The van der Waals surface area contributed by atoms with Crippen LogP contribution in [0, 0.1) is 5.92 Å². The van der Waals surface area contributed by atoms with Crippen LogP contribution >= 0.6 is 0 Å². The van der Waals surface area contributed by atoms with Crippen molar-refractivity contribution in [1.29, 1.82) is 0 Å². The number of hydrogen-bond donors (Lipinski definition) is 1. The van der Waals surface area contributed by atoms with E-state index in [2.05, 4.69) is 0 Å². The molecular formula is C16H23NO3. The highest BCUT2D eigenvalue weighted by Crippen LogP contribution is 2.23. The number of carbonyl (C=O) groups is 1. The molecule has 1 aromatic carbocycles. The van der Waals surface area contributed by atoms with Crippen LogP contribution in [0.15, 0.2) is 30.3 Å². The fourth-order valence-electron chi connectivity index (χ4n) is 2.55. The van der Waals surface area contributed by atoms with Crippen LogP contribution in [-0.4, -0.2) is 25.2 Å². The van der Waals surface area contributed by atoms with Crippen molar-refractivity contribution in [3.63, 3.8) is 0 Å². The molecule has 2 rings (SSSR count). The Morgan fingerprint density at radius 1 is 1.10 bits per heavy atom. The van der Waals surface area contributed by atoms with Crippen LogP contribution in [0.2, 0.25) is 0 Å².